The van der Waals surface area contributed by atoms with Gasteiger partial charge in [-0.2, -0.15) is 0 Å². The summed E-state index contributed by atoms with van der Waals surface area (Å²) in [4.78, 5) is 1.42. The molecule has 1 fully saturated rings. The molecule has 1 aliphatic rings. The van der Waals surface area contributed by atoms with Gasteiger partial charge in [0, 0.05) is 17.5 Å². The fourth-order valence-electron chi connectivity index (χ4n) is 2.25. The predicted octanol–water partition coefficient (Wildman–Crippen LogP) is 3.33. The highest BCUT2D eigenvalue weighted by Crippen LogP contribution is 2.25. The maximum atomic E-state index is 3.65. The van der Waals surface area contributed by atoms with Crippen molar-refractivity contribution in [3.05, 3.63) is 21.9 Å². The van der Waals surface area contributed by atoms with E-state index in [1.807, 2.05) is 11.3 Å². The highest BCUT2D eigenvalue weighted by Gasteiger charge is 2.20. The topological polar surface area (TPSA) is 12.0 Å². The van der Waals surface area contributed by atoms with E-state index < -0.39 is 0 Å². The molecule has 2 unspecified atom stereocenters. The molecule has 1 aromatic heterocycles. The van der Waals surface area contributed by atoms with E-state index in [2.05, 4.69) is 30.6 Å². The molecule has 1 heterocycles. The van der Waals surface area contributed by atoms with Crippen LogP contribution in [0, 0.1) is 12.8 Å². The van der Waals surface area contributed by atoms with Crippen LogP contribution in [0.1, 0.15) is 36.6 Å². The van der Waals surface area contributed by atoms with Crippen LogP contribution in [0.5, 0.6) is 0 Å². The van der Waals surface area contributed by atoms with Gasteiger partial charge in [-0.05, 0) is 49.1 Å². The summed E-state index contributed by atoms with van der Waals surface area (Å²) in [5.74, 6) is 0.928. The van der Waals surface area contributed by atoms with Crippen LogP contribution in [0.25, 0.3) is 0 Å². The Labute approximate surface area is 90.5 Å². The van der Waals surface area contributed by atoms with Crippen LogP contribution in [0.2, 0.25) is 0 Å². The third-order valence-corrected chi connectivity index (χ3v) is 3.98. The van der Waals surface area contributed by atoms with Gasteiger partial charge >= 0.3 is 0 Å². The van der Waals surface area contributed by atoms with Gasteiger partial charge in [-0.1, -0.05) is 6.92 Å². The van der Waals surface area contributed by atoms with Crippen molar-refractivity contribution in [3.63, 3.8) is 0 Å². The van der Waals surface area contributed by atoms with E-state index in [4.69, 9.17) is 0 Å². The van der Waals surface area contributed by atoms with Crippen LogP contribution >= 0.6 is 11.3 Å². The molecule has 1 nitrogen and oxygen atoms in total. The van der Waals surface area contributed by atoms with Gasteiger partial charge in [0.1, 0.15) is 0 Å². The predicted molar refractivity (Wildman–Crippen MR) is 62.7 cm³/mol. The fourth-order valence-corrected chi connectivity index (χ4v) is 2.95. The van der Waals surface area contributed by atoms with Crippen LogP contribution in [-0.4, -0.2) is 6.04 Å². The molecule has 2 heteroatoms. The first-order valence-corrected chi connectivity index (χ1v) is 6.39. The highest BCUT2D eigenvalue weighted by atomic mass is 32.1. The average molecular weight is 209 g/mol. The monoisotopic (exact) mass is 209 g/mol. The minimum atomic E-state index is 0.769. The quantitative estimate of drug-likeness (QED) is 0.805. The third-order valence-electron chi connectivity index (χ3n) is 3.07. The van der Waals surface area contributed by atoms with Crippen molar-refractivity contribution in [1.29, 1.82) is 0 Å². The van der Waals surface area contributed by atoms with Crippen molar-refractivity contribution < 1.29 is 0 Å². The average Bonchev–Trinajstić information content (AvgIpc) is 2.72. The zero-order valence-electron chi connectivity index (χ0n) is 9.05. The summed E-state index contributed by atoms with van der Waals surface area (Å²) < 4.78 is 0. The fraction of sp³-hybridized carbons (Fsp3) is 0.667. The maximum Gasteiger partial charge on any atom is 0.0216 e. The van der Waals surface area contributed by atoms with E-state index in [1.54, 1.807) is 0 Å². The number of rotatable bonds is 3. The van der Waals surface area contributed by atoms with E-state index >= 15 is 0 Å². The van der Waals surface area contributed by atoms with Crippen molar-refractivity contribution in [2.45, 2.75) is 45.7 Å². The van der Waals surface area contributed by atoms with Crippen molar-refractivity contribution in [2.75, 3.05) is 0 Å². The van der Waals surface area contributed by atoms with Gasteiger partial charge in [-0.25, -0.2) is 0 Å². The molecule has 1 aliphatic carbocycles. The summed E-state index contributed by atoms with van der Waals surface area (Å²) in [6, 6.07) is 3.06. The molecule has 1 saturated carbocycles. The zero-order valence-corrected chi connectivity index (χ0v) is 9.86. The standard InChI is InChI=1S/C12H19NS/c1-9-3-4-12(5-9)13-7-11-6-10(2)14-8-11/h6,8-9,12-13H,3-5,7H2,1-2H3. The SMILES string of the molecule is Cc1cc(CNC2CCC(C)C2)cs1. The lowest BCUT2D eigenvalue weighted by atomic mass is 10.1. The number of hydrogen-bond donors (Lipinski definition) is 1. The normalized spacial score (nSPS) is 27.0. The molecular formula is C12H19NS. The molecule has 1 aromatic rings. The zero-order chi connectivity index (χ0) is 9.97. The summed E-state index contributed by atoms with van der Waals surface area (Å²) in [5.41, 5.74) is 1.45. The lowest BCUT2D eigenvalue weighted by Gasteiger charge is -2.10. The number of aryl methyl sites for hydroxylation is 1. The Morgan fingerprint density at radius 3 is 2.93 bits per heavy atom. The van der Waals surface area contributed by atoms with Crippen molar-refractivity contribution in [3.8, 4) is 0 Å². The molecule has 0 aliphatic heterocycles. The second-order valence-electron chi connectivity index (χ2n) is 4.56. The van der Waals surface area contributed by atoms with Crippen molar-refractivity contribution >= 4 is 11.3 Å². The van der Waals surface area contributed by atoms with Crippen LogP contribution < -0.4 is 5.32 Å². The molecular weight excluding hydrogens is 190 g/mol. The first-order chi connectivity index (χ1) is 6.74. The second kappa shape index (κ2) is 4.45. The summed E-state index contributed by atoms with van der Waals surface area (Å²) in [6.45, 7) is 5.59. The lowest BCUT2D eigenvalue weighted by Crippen LogP contribution is -2.25. The minimum absolute atomic E-state index is 0.769. The summed E-state index contributed by atoms with van der Waals surface area (Å²) in [6.07, 6.45) is 4.13. The Bertz CT molecular complexity index is 292. The van der Waals surface area contributed by atoms with E-state index in [1.165, 1.54) is 29.7 Å². The second-order valence-corrected chi connectivity index (χ2v) is 5.68. The van der Waals surface area contributed by atoms with Gasteiger partial charge in [0.05, 0.1) is 0 Å². The minimum Gasteiger partial charge on any atom is -0.310 e. The van der Waals surface area contributed by atoms with E-state index in [-0.39, 0.29) is 0 Å². The molecule has 1 N–H and O–H groups in total. The van der Waals surface area contributed by atoms with Gasteiger partial charge < -0.3 is 5.32 Å². The van der Waals surface area contributed by atoms with Crippen molar-refractivity contribution in [2.24, 2.45) is 5.92 Å². The smallest absolute Gasteiger partial charge is 0.0216 e. The van der Waals surface area contributed by atoms with E-state index in [0.717, 1.165) is 18.5 Å². The Morgan fingerprint density at radius 2 is 2.36 bits per heavy atom. The Hall–Kier alpha value is -0.340. The Kier molecular flexibility index (Phi) is 3.24. The van der Waals surface area contributed by atoms with Gasteiger partial charge in [0.2, 0.25) is 0 Å². The van der Waals surface area contributed by atoms with Gasteiger partial charge in [-0.3, -0.25) is 0 Å². The van der Waals surface area contributed by atoms with E-state index in [9.17, 15) is 0 Å². The van der Waals surface area contributed by atoms with Gasteiger partial charge in [-0.15, -0.1) is 11.3 Å². The Morgan fingerprint density at radius 1 is 1.50 bits per heavy atom. The number of thiophene rings is 1. The Balaban J connectivity index is 1.77. The number of nitrogens with one attached hydrogen (secondary N) is 1. The van der Waals surface area contributed by atoms with E-state index in [0.29, 0.717) is 0 Å². The third kappa shape index (κ3) is 2.58. The molecule has 0 saturated heterocycles. The first-order valence-electron chi connectivity index (χ1n) is 5.51. The summed E-state index contributed by atoms with van der Waals surface area (Å²) in [5, 5.41) is 5.91. The lowest BCUT2D eigenvalue weighted by molar-refractivity contribution is 0.502. The van der Waals surface area contributed by atoms with Gasteiger partial charge in [0.25, 0.3) is 0 Å². The molecule has 2 atom stereocenters. The maximum absolute atomic E-state index is 3.65. The van der Waals surface area contributed by atoms with Crippen LogP contribution in [0.4, 0.5) is 0 Å². The van der Waals surface area contributed by atoms with Crippen LogP contribution in [0.15, 0.2) is 11.4 Å². The summed E-state index contributed by atoms with van der Waals surface area (Å²) in [7, 11) is 0. The first kappa shape index (κ1) is 10.2. The molecule has 0 amide bonds. The van der Waals surface area contributed by atoms with Crippen LogP contribution in [-0.2, 0) is 6.54 Å². The largest absolute Gasteiger partial charge is 0.310 e. The molecule has 78 valence electrons. The highest BCUT2D eigenvalue weighted by molar-refractivity contribution is 7.10. The van der Waals surface area contributed by atoms with Gasteiger partial charge in [0.15, 0.2) is 0 Å². The van der Waals surface area contributed by atoms with Crippen LogP contribution in [0.3, 0.4) is 0 Å². The molecule has 0 spiro atoms. The molecule has 0 radical (unpaired) electrons. The van der Waals surface area contributed by atoms with Crippen molar-refractivity contribution in [1.82, 2.24) is 5.32 Å². The molecule has 0 aromatic carbocycles. The molecule has 14 heavy (non-hydrogen) atoms. The summed E-state index contributed by atoms with van der Waals surface area (Å²) >= 11 is 1.85. The number of hydrogen-bond acceptors (Lipinski definition) is 2. The molecule has 2 rings (SSSR count). The molecule has 0 bridgehead atoms.